The molecular weight excluding hydrogens is 232 g/mol. The molecule has 1 aromatic rings. The molecule has 0 saturated heterocycles. The summed E-state index contributed by atoms with van der Waals surface area (Å²) in [5.74, 6) is 2.72. The van der Waals surface area contributed by atoms with Gasteiger partial charge in [-0.3, -0.25) is 0 Å². The molecule has 17 heavy (non-hydrogen) atoms. The zero-order chi connectivity index (χ0) is 11.7. The van der Waals surface area contributed by atoms with Crippen molar-refractivity contribution in [1.82, 2.24) is 10.6 Å². The van der Waals surface area contributed by atoms with Gasteiger partial charge in [0, 0.05) is 6.04 Å². The lowest BCUT2D eigenvalue weighted by Crippen LogP contribution is -2.43. The van der Waals surface area contributed by atoms with E-state index in [1.165, 1.54) is 25.7 Å². The smallest absolute Gasteiger partial charge is 0.166 e. The third-order valence-electron chi connectivity index (χ3n) is 4.06. The maximum atomic E-state index is 5.32. The highest BCUT2D eigenvalue weighted by Gasteiger charge is 2.39. The maximum absolute atomic E-state index is 5.32. The average Bonchev–Trinajstić information content (AvgIpc) is 3.03. The molecule has 0 radical (unpaired) electrons. The van der Waals surface area contributed by atoms with E-state index in [1.54, 1.807) is 6.26 Å². The Morgan fingerprint density at radius 3 is 3.00 bits per heavy atom. The van der Waals surface area contributed by atoms with Crippen LogP contribution in [0.3, 0.4) is 0 Å². The van der Waals surface area contributed by atoms with E-state index in [9.17, 15) is 0 Å². The molecule has 0 aromatic carbocycles. The summed E-state index contributed by atoms with van der Waals surface area (Å²) < 4.78 is 5.25. The second-order valence-corrected chi connectivity index (χ2v) is 5.60. The zero-order valence-corrected chi connectivity index (χ0v) is 10.6. The van der Waals surface area contributed by atoms with E-state index in [4.69, 9.17) is 16.6 Å². The molecule has 0 spiro atoms. The highest BCUT2D eigenvalue weighted by atomic mass is 32.1. The van der Waals surface area contributed by atoms with E-state index in [-0.39, 0.29) is 0 Å². The van der Waals surface area contributed by atoms with Crippen LogP contribution in [0.15, 0.2) is 22.8 Å². The van der Waals surface area contributed by atoms with E-state index in [1.807, 2.05) is 12.1 Å². The largest absolute Gasteiger partial charge is 0.467 e. The van der Waals surface area contributed by atoms with Crippen molar-refractivity contribution >= 4 is 17.3 Å². The number of rotatable bonds is 3. The third-order valence-corrected chi connectivity index (χ3v) is 4.32. The van der Waals surface area contributed by atoms with Crippen LogP contribution >= 0.6 is 12.2 Å². The Hall–Kier alpha value is -1.03. The minimum Gasteiger partial charge on any atom is -0.467 e. The number of hydrogen-bond donors (Lipinski definition) is 2. The van der Waals surface area contributed by atoms with E-state index in [0.717, 1.165) is 22.7 Å². The van der Waals surface area contributed by atoms with Crippen LogP contribution in [0.4, 0.5) is 0 Å². The molecule has 1 aromatic heterocycles. The molecule has 2 bridgehead atoms. The Morgan fingerprint density at radius 1 is 1.41 bits per heavy atom. The van der Waals surface area contributed by atoms with Crippen molar-refractivity contribution in [2.75, 3.05) is 0 Å². The second-order valence-electron chi connectivity index (χ2n) is 5.19. The molecule has 1 heterocycles. The first kappa shape index (κ1) is 11.1. The van der Waals surface area contributed by atoms with Crippen molar-refractivity contribution < 1.29 is 4.42 Å². The number of nitrogens with one attached hydrogen (secondary N) is 2. The van der Waals surface area contributed by atoms with Gasteiger partial charge in [-0.15, -0.1) is 0 Å². The van der Waals surface area contributed by atoms with Crippen molar-refractivity contribution in [1.29, 1.82) is 0 Å². The number of furan rings is 1. The summed E-state index contributed by atoms with van der Waals surface area (Å²) in [7, 11) is 0. The van der Waals surface area contributed by atoms with E-state index in [0.29, 0.717) is 12.6 Å². The number of fused-ring (bicyclic) bond motifs is 2. The molecule has 2 aliphatic carbocycles. The molecule has 4 heteroatoms. The summed E-state index contributed by atoms with van der Waals surface area (Å²) >= 11 is 5.32. The molecule has 2 saturated carbocycles. The summed E-state index contributed by atoms with van der Waals surface area (Å²) in [5.41, 5.74) is 0. The van der Waals surface area contributed by atoms with Crippen molar-refractivity contribution in [2.45, 2.75) is 38.3 Å². The summed E-state index contributed by atoms with van der Waals surface area (Å²) in [4.78, 5) is 0. The van der Waals surface area contributed by atoms with Crippen LogP contribution in [0.1, 0.15) is 31.4 Å². The van der Waals surface area contributed by atoms with Gasteiger partial charge in [0.05, 0.1) is 12.8 Å². The van der Waals surface area contributed by atoms with Crippen LogP contribution in [0.5, 0.6) is 0 Å². The van der Waals surface area contributed by atoms with Crippen LogP contribution in [-0.4, -0.2) is 11.2 Å². The Balaban J connectivity index is 1.44. The standard InChI is InChI=1S/C13H18N2OS/c17-13(14-8-11-2-1-5-16-11)15-12-7-9-3-4-10(12)6-9/h1-2,5,9-10,12H,3-4,6-8H2,(H2,14,15,17)/t9-,10-,12-/m0/s1. The van der Waals surface area contributed by atoms with Crippen LogP contribution in [-0.2, 0) is 6.54 Å². The van der Waals surface area contributed by atoms with Gasteiger partial charge in [0.2, 0.25) is 0 Å². The van der Waals surface area contributed by atoms with Crippen molar-refractivity contribution in [2.24, 2.45) is 11.8 Å². The van der Waals surface area contributed by atoms with Crippen LogP contribution in [0, 0.1) is 11.8 Å². The predicted octanol–water partition coefficient (Wildman–Crippen LogP) is 2.43. The molecule has 3 rings (SSSR count). The van der Waals surface area contributed by atoms with Crippen molar-refractivity contribution in [3.8, 4) is 0 Å². The third kappa shape index (κ3) is 2.46. The van der Waals surface area contributed by atoms with Gasteiger partial charge in [-0.05, 0) is 55.4 Å². The Kier molecular flexibility index (Phi) is 3.05. The molecule has 0 unspecified atom stereocenters. The summed E-state index contributed by atoms with van der Waals surface area (Å²) in [5, 5.41) is 7.41. The quantitative estimate of drug-likeness (QED) is 0.808. The van der Waals surface area contributed by atoms with Gasteiger partial charge >= 0.3 is 0 Å². The second kappa shape index (κ2) is 4.69. The van der Waals surface area contributed by atoms with E-state index < -0.39 is 0 Å². The number of hydrogen-bond acceptors (Lipinski definition) is 2. The topological polar surface area (TPSA) is 37.2 Å². The summed E-state index contributed by atoms with van der Waals surface area (Å²) in [6, 6.07) is 4.45. The van der Waals surface area contributed by atoms with Gasteiger partial charge in [0.1, 0.15) is 5.76 Å². The Bertz CT molecular complexity index is 390. The molecule has 0 aliphatic heterocycles. The number of thiocarbonyl (C=S) groups is 1. The molecule has 2 fully saturated rings. The molecule has 0 amide bonds. The molecule has 2 aliphatic rings. The van der Waals surface area contributed by atoms with E-state index in [2.05, 4.69) is 10.6 Å². The lowest BCUT2D eigenvalue weighted by Gasteiger charge is -2.24. The fourth-order valence-corrected chi connectivity index (χ4v) is 3.45. The first-order valence-corrected chi connectivity index (χ1v) is 6.79. The van der Waals surface area contributed by atoms with Gasteiger partial charge in [-0.1, -0.05) is 6.42 Å². The lowest BCUT2D eigenvalue weighted by atomic mass is 9.96. The molecule has 3 atom stereocenters. The zero-order valence-electron chi connectivity index (χ0n) is 9.82. The SMILES string of the molecule is S=C(NCc1ccco1)N[C@H]1C[C@H]2CC[C@H]1C2. The fourth-order valence-electron chi connectivity index (χ4n) is 3.22. The molecule has 92 valence electrons. The molecule has 3 nitrogen and oxygen atoms in total. The van der Waals surface area contributed by atoms with Gasteiger partial charge in [0.25, 0.3) is 0 Å². The van der Waals surface area contributed by atoms with E-state index >= 15 is 0 Å². The van der Waals surface area contributed by atoms with Gasteiger partial charge < -0.3 is 15.1 Å². The Morgan fingerprint density at radius 2 is 2.35 bits per heavy atom. The predicted molar refractivity (Wildman–Crippen MR) is 70.5 cm³/mol. The highest BCUT2D eigenvalue weighted by molar-refractivity contribution is 7.80. The van der Waals surface area contributed by atoms with Gasteiger partial charge in [0.15, 0.2) is 5.11 Å². The van der Waals surface area contributed by atoms with Crippen LogP contribution in [0.2, 0.25) is 0 Å². The summed E-state index contributed by atoms with van der Waals surface area (Å²) in [6.07, 6.45) is 7.19. The first-order chi connectivity index (χ1) is 8.31. The Labute approximate surface area is 107 Å². The van der Waals surface area contributed by atoms with Gasteiger partial charge in [-0.25, -0.2) is 0 Å². The fraction of sp³-hybridized carbons (Fsp3) is 0.615. The minimum absolute atomic E-state index is 0.602. The first-order valence-electron chi connectivity index (χ1n) is 6.38. The normalized spacial score (nSPS) is 30.5. The summed E-state index contributed by atoms with van der Waals surface area (Å²) in [6.45, 7) is 0.666. The van der Waals surface area contributed by atoms with Crippen LogP contribution in [0.25, 0.3) is 0 Å². The van der Waals surface area contributed by atoms with Crippen LogP contribution < -0.4 is 10.6 Å². The molecular formula is C13H18N2OS. The average molecular weight is 250 g/mol. The lowest BCUT2D eigenvalue weighted by molar-refractivity contribution is 0.388. The highest BCUT2D eigenvalue weighted by Crippen LogP contribution is 2.44. The maximum Gasteiger partial charge on any atom is 0.166 e. The van der Waals surface area contributed by atoms with Crippen molar-refractivity contribution in [3.63, 3.8) is 0 Å². The van der Waals surface area contributed by atoms with Gasteiger partial charge in [-0.2, -0.15) is 0 Å². The minimum atomic E-state index is 0.602. The van der Waals surface area contributed by atoms with Crippen molar-refractivity contribution in [3.05, 3.63) is 24.2 Å². The molecule has 2 N–H and O–H groups in total. The monoisotopic (exact) mass is 250 g/mol.